The molecule has 0 aromatic heterocycles. The molecule has 19 heavy (non-hydrogen) atoms. The highest BCUT2D eigenvalue weighted by Crippen LogP contribution is 2.30. The Hall–Kier alpha value is -2.24. The van der Waals surface area contributed by atoms with Gasteiger partial charge in [0.1, 0.15) is 6.04 Å². The number of hydrogen-bond acceptors (Lipinski definition) is 4. The predicted molar refractivity (Wildman–Crippen MR) is 72.2 cm³/mol. The molecule has 1 unspecified atom stereocenters. The molecule has 1 aliphatic heterocycles. The molecule has 6 heteroatoms. The first-order valence-corrected chi connectivity index (χ1v) is 6.15. The average Bonchev–Trinajstić information content (AvgIpc) is 2.86. The van der Waals surface area contributed by atoms with Crippen molar-refractivity contribution in [2.24, 2.45) is 0 Å². The summed E-state index contributed by atoms with van der Waals surface area (Å²) in [5.74, 6) is -1.13. The van der Waals surface area contributed by atoms with Gasteiger partial charge in [0, 0.05) is 19.3 Å². The molecule has 1 aromatic carbocycles. The third kappa shape index (κ3) is 2.47. The van der Waals surface area contributed by atoms with E-state index in [1.807, 2.05) is 4.90 Å². The van der Waals surface area contributed by atoms with Gasteiger partial charge >= 0.3 is 5.97 Å². The molecule has 1 aliphatic rings. The first-order chi connectivity index (χ1) is 9.04. The van der Waals surface area contributed by atoms with Gasteiger partial charge in [-0.2, -0.15) is 0 Å². The van der Waals surface area contributed by atoms with Crippen LogP contribution in [0.15, 0.2) is 18.2 Å². The van der Waals surface area contributed by atoms with Crippen LogP contribution in [0.4, 0.5) is 11.4 Å². The smallest absolute Gasteiger partial charge is 0.337 e. The fraction of sp³-hybridized carbons (Fsp3) is 0.385. The van der Waals surface area contributed by atoms with Crippen LogP contribution in [0, 0.1) is 0 Å². The lowest BCUT2D eigenvalue weighted by atomic mass is 10.1. The normalized spacial score (nSPS) is 18.4. The number of amides is 1. The molecule has 0 saturated carbocycles. The van der Waals surface area contributed by atoms with Gasteiger partial charge in [-0.1, -0.05) is 0 Å². The molecule has 0 aliphatic carbocycles. The Bertz CT molecular complexity index is 516. The molecule has 1 amide bonds. The molecule has 1 atom stereocenters. The number of benzene rings is 1. The maximum atomic E-state index is 11.8. The van der Waals surface area contributed by atoms with Crippen LogP contribution in [0.25, 0.3) is 0 Å². The summed E-state index contributed by atoms with van der Waals surface area (Å²) in [6.07, 6.45) is 1.59. The van der Waals surface area contributed by atoms with Crippen molar-refractivity contribution in [3.8, 4) is 0 Å². The largest absolute Gasteiger partial charge is 0.478 e. The Morgan fingerprint density at radius 3 is 2.84 bits per heavy atom. The van der Waals surface area contributed by atoms with E-state index in [2.05, 4.69) is 5.32 Å². The van der Waals surface area contributed by atoms with Crippen molar-refractivity contribution < 1.29 is 14.7 Å². The number of carbonyl (C=O) groups is 2. The highest BCUT2D eigenvalue weighted by molar-refractivity contribution is 5.97. The number of likely N-dealkylation sites (N-methyl/N-ethyl adjacent to an activating group) is 1. The van der Waals surface area contributed by atoms with E-state index in [0.29, 0.717) is 17.9 Å². The molecule has 0 spiro atoms. The molecule has 4 N–H and O–H groups in total. The topological polar surface area (TPSA) is 95.7 Å². The van der Waals surface area contributed by atoms with E-state index in [-0.39, 0.29) is 17.5 Å². The first-order valence-electron chi connectivity index (χ1n) is 6.15. The van der Waals surface area contributed by atoms with Crippen molar-refractivity contribution in [3.63, 3.8) is 0 Å². The predicted octanol–water partition coefficient (Wildman–Crippen LogP) is 0.682. The summed E-state index contributed by atoms with van der Waals surface area (Å²) in [5.41, 5.74) is 6.71. The summed E-state index contributed by atoms with van der Waals surface area (Å²) in [6.45, 7) is 0.669. The second-order valence-electron chi connectivity index (χ2n) is 4.55. The molecule has 0 radical (unpaired) electrons. The van der Waals surface area contributed by atoms with E-state index in [0.717, 1.165) is 12.8 Å². The Kier molecular flexibility index (Phi) is 3.59. The first kappa shape index (κ1) is 13.2. The van der Waals surface area contributed by atoms with Crippen molar-refractivity contribution in [2.75, 3.05) is 24.2 Å². The number of nitrogens with one attached hydrogen (secondary N) is 1. The Morgan fingerprint density at radius 2 is 2.21 bits per heavy atom. The second-order valence-corrected chi connectivity index (χ2v) is 4.55. The van der Waals surface area contributed by atoms with Crippen molar-refractivity contribution in [3.05, 3.63) is 23.8 Å². The maximum Gasteiger partial charge on any atom is 0.337 e. The van der Waals surface area contributed by atoms with Gasteiger partial charge in [0.25, 0.3) is 0 Å². The molecule has 102 valence electrons. The van der Waals surface area contributed by atoms with E-state index in [9.17, 15) is 14.7 Å². The summed E-state index contributed by atoms with van der Waals surface area (Å²) in [5, 5.41) is 11.9. The van der Waals surface area contributed by atoms with E-state index in [1.165, 1.54) is 6.07 Å². The van der Waals surface area contributed by atoms with Crippen molar-refractivity contribution in [1.82, 2.24) is 5.32 Å². The van der Waals surface area contributed by atoms with Gasteiger partial charge in [-0.15, -0.1) is 0 Å². The van der Waals surface area contributed by atoms with Gasteiger partial charge in [0.05, 0.1) is 11.3 Å². The highest BCUT2D eigenvalue weighted by Gasteiger charge is 2.32. The lowest BCUT2D eigenvalue weighted by Gasteiger charge is -2.26. The van der Waals surface area contributed by atoms with Gasteiger partial charge in [-0.05, 0) is 31.0 Å². The summed E-state index contributed by atoms with van der Waals surface area (Å²) >= 11 is 0. The molecule has 1 aromatic rings. The van der Waals surface area contributed by atoms with Crippen LogP contribution in [0.1, 0.15) is 23.2 Å². The number of aromatic carboxylic acids is 1. The van der Waals surface area contributed by atoms with E-state index >= 15 is 0 Å². The minimum absolute atomic E-state index is 0.0920. The van der Waals surface area contributed by atoms with Gasteiger partial charge in [0.15, 0.2) is 0 Å². The average molecular weight is 263 g/mol. The third-order valence-corrected chi connectivity index (χ3v) is 3.36. The third-order valence-electron chi connectivity index (χ3n) is 3.36. The Balaban J connectivity index is 2.40. The Morgan fingerprint density at radius 1 is 1.47 bits per heavy atom. The number of carboxylic acids is 1. The zero-order chi connectivity index (χ0) is 14.0. The molecule has 0 bridgehead atoms. The van der Waals surface area contributed by atoms with Crippen LogP contribution in [-0.4, -0.2) is 36.6 Å². The summed E-state index contributed by atoms with van der Waals surface area (Å²) in [6, 6.07) is 4.43. The highest BCUT2D eigenvalue weighted by atomic mass is 16.4. The fourth-order valence-corrected chi connectivity index (χ4v) is 2.47. The van der Waals surface area contributed by atoms with Crippen LogP contribution < -0.4 is 16.0 Å². The van der Waals surface area contributed by atoms with Crippen molar-refractivity contribution in [1.29, 1.82) is 0 Å². The van der Waals surface area contributed by atoms with Gasteiger partial charge in [0.2, 0.25) is 5.91 Å². The van der Waals surface area contributed by atoms with Crippen LogP contribution in [0.5, 0.6) is 0 Å². The molecule has 6 nitrogen and oxygen atoms in total. The van der Waals surface area contributed by atoms with E-state index < -0.39 is 5.97 Å². The molecule has 1 saturated heterocycles. The number of carboxylic acid groups (broad SMARTS) is 1. The molecular weight excluding hydrogens is 246 g/mol. The fourth-order valence-electron chi connectivity index (χ4n) is 2.47. The number of carbonyl (C=O) groups excluding carboxylic acids is 1. The van der Waals surface area contributed by atoms with Gasteiger partial charge in [-0.25, -0.2) is 4.79 Å². The Labute approximate surface area is 111 Å². The zero-order valence-electron chi connectivity index (χ0n) is 10.7. The number of hydrogen-bond donors (Lipinski definition) is 3. The molecule has 1 heterocycles. The van der Waals surface area contributed by atoms with Crippen LogP contribution in [0.3, 0.4) is 0 Å². The van der Waals surface area contributed by atoms with Gasteiger partial charge in [-0.3, -0.25) is 4.79 Å². The van der Waals surface area contributed by atoms with Crippen LogP contribution in [0.2, 0.25) is 0 Å². The molecule has 2 rings (SSSR count). The van der Waals surface area contributed by atoms with Crippen molar-refractivity contribution >= 4 is 23.3 Å². The summed E-state index contributed by atoms with van der Waals surface area (Å²) in [4.78, 5) is 25.0. The number of nitrogens with two attached hydrogens (primary N) is 1. The van der Waals surface area contributed by atoms with Crippen LogP contribution >= 0.6 is 0 Å². The number of anilines is 2. The number of nitrogen functional groups attached to an aromatic ring is 1. The molecular formula is C13H17N3O3. The maximum absolute atomic E-state index is 11.8. The molecule has 1 fully saturated rings. The monoisotopic (exact) mass is 263 g/mol. The lowest BCUT2D eigenvalue weighted by Crippen LogP contribution is -2.42. The summed E-state index contributed by atoms with van der Waals surface area (Å²) < 4.78 is 0. The zero-order valence-corrected chi connectivity index (χ0v) is 10.7. The van der Waals surface area contributed by atoms with E-state index in [1.54, 1.807) is 19.2 Å². The lowest BCUT2D eigenvalue weighted by molar-refractivity contribution is -0.121. The quantitative estimate of drug-likeness (QED) is 0.697. The number of nitrogens with zero attached hydrogens (tertiary/aromatic N) is 1. The minimum Gasteiger partial charge on any atom is -0.478 e. The SMILES string of the molecule is CNC(=O)C1CCCN1c1ccc(N)cc1C(=O)O. The minimum atomic E-state index is -1.04. The second kappa shape index (κ2) is 5.17. The summed E-state index contributed by atoms with van der Waals surface area (Å²) in [7, 11) is 1.58. The standard InChI is InChI=1S/C13H17N3O3/c1-15-12(17)11-3-2-6-16(11)10-5-4-8(14)7-9(10)13(18)19/h4-5,7,11H,2-3,6,14H2,1H3,(H,15,17)(H,18,19). The van der Waals surface area contributed by atoms with E-state index in [4.69, 9.17) is 5.73 Å². The van der Waals surface area contributed by atoms with Crippen LogP contribution in [-0.2, 0) is 4.79 Å². The van der Waals surface area contributed by atoms with Gasteiger partial charge < -0.3 is 21.1 Å². The van der Waals surface area contributed by atoms with Crippen molar-refractivity contribution in [2.45, 2.75) is 18.9 Å². The number of rotatable bonds is 3.